The molecule has 120 valence electrons. The van der Waals surface area contributed by atoms with Crippen LogP contribution in [0.4, 0.5) is 11.4 Å². The number of rotatable bonds is 5. The van der Waals surface area contributed by atoms with Crippen molar-refractivity contribution in [1.29, 1.82) is 0 Å². The molecule has 0 fully saturated rings. The molecule has 0 spiro atoms. The van der Waals surface area contributed by atoms with Crippen molar-refractivity contribution in [1.82, 2.24) is 15.2 Å². The number of aromatic nitrogens is 3. The van der Waals surface area contributed by atoms with E-state index in [2.05, 4.69) is 15.2 Å². The van der Waals surface area contributed by atoms with Gasteiger partial charge in [-0.1, -0.05) is 30.3 Å². The minimum absolute atomic E-state index is 0.226. The van der Waals surface area contributed by atoms with Gasteiger partial charge in [-0.15, -0.1) is 5.10 Å². The van der Waals surface area contributed by atoms with Gasteiger partial charge >= 0.3 is 0 Å². The van der Waals surface area contributed by atoms with E-state index >= 15 is 0 Å². The third-order valence-electron chi connectivity index (χ3n) is 3.06. The topological polar surface area (TPSA) is 128 Å². The van der Waals surface area contributed by atoms with Gasteiger partial charge in [-0.25, -0.2) is 4.98 Å². The Morgan fingerprint density at radius 1 is 1.00 bits per heavy atom. The Balaban J connectivity index is 1.90. The first-order valence-corrected chi connectivity index (χ1v) is 7.45. The fourth-order valence-corrected chi connectivity index (χ4v) is 2.76. The van der Waals surface area contributed by atoms with E-state index in [1.807, 2.05) is 30.3 Å². The number of non-ortho nitro benzene ring substituents is 1. The number of hydrogen-bond donors (Lipinski definition) is 1. The Kier molecular flexibility index (Phi) is 4.20. The second-order valence-corrected chi connectivity index (χ2v) is 5.61. The molecule has 0 saturated carbocycles. The van der Waals surface area contributed by atoms with Crippen molar-refractivity contribution in [2.45, 2.75) is 10.1 Å². The number of benzene rings is 2. The molecule has 0 saturated heterocycles. The standard InChI is InChI=1S/C14H9N5O4S/c20-18(21)10-6-7-12(11(8-10)19(22)23)24-14-15-13(16-17-14)9-4-2-1-3-5-9/h1-8H,(H,15,16,17). The van der Waals surface area contributed by atoms with Gasteiger partial charge in [0.05, 0.1) is 20.8 Å². The smallest absolute Gasteiger partial charge is 0.258 e. The minimum atomic E-state index is -0.679. The van der Waals surface area contributed by atoms with Crippen molar-refractivity contribution in [2.75, 3.05) is 0 Å². The van der Waals surface area contributed by atoms with E-state index in [1.165, 1.54) is 12.1 Å². The lowest BCUT2D eigenvalue weighted by atomic mass is 10.2. The van der Waals surface area contributed by atoms with Crippen LogP contribution in [0.2, 0.25) is 0 Å². The van der Waals surface area contributed by atoms with E-state index in [-0.39, 0.29) is 21.4 Å². The molecule has 1 N–H and O–H groups in total. The molecule has 3 aromatic rings. The predicted octanol–water partition coefficient (Wildman–Crippen LogP) is 3.44. The van der Waals surface area contributed by atoms with Gasteiger partial charge in [0.2, 0.25) is 5.16 Å². The van der Waals surface area contributed by atoms with E-state index in [4.69, 9.17) is 0 Å². The molecule has 1 aromatic heterocycles. The number of nitro benzene ring substituents is 2. The average molecular weight is 343 g/mol. The van der Waals surface area contributed by atoms with Crippen molar-refractivity contribution in [2.24, 2.45) is 0 Å². The first-order chi connectivity index (χ1) is 11.5. The maximum atomic E-state index is 11.1. The number of aromatic amines is 1. The van der Waals surface area contributed by atoms with Gasteiger partial charge in [0, 0.05) is 11.6 Å². The zero-order chi connectivity index (χ0) is 17.1. The Morgan fingerprint density at radius 2 is 1.75 bits per heavy atom. The van der Waals surface area contributed by atoms with E-state index in [1.54, 1.807) is 0 Å². The highest BCUT2D eigenvalue weighted by molar-refractivity contribution is 7.99. The molecule has 3 rings (SSSR count). The van der Waals surface area contributed by atoms with Crippen molar-refractivity contribution >= 4 is 23.1 Å². The first-order valence-electron chi connectivity index (χ1n) is 6.63. The molecule has 0 aliphatic carbocycles. The fourth-order valence-electron chi connectivity index (χ4n) is 1.96. The molecule has 0 amide bonds. The van der Waals surface area contributed by atoms with Crippen LogP contribution >= 0.6 is 11.8 Å². The molecular formula is C14H9N5O4S. The van der Waals surface area contributed by atoms with Gasteiger partial charge in [-0.2, -0.15) is 0 Å². The zero-order valence-corrected chi connectivity index (χ0v) is 12.8. The lowest BCUT2D eigenvalue weighted by molar-refractivity contribution is -0.396. The molecule has 9 nitrogen and oxygen atoms in total. The number of nitrogens with one attached hydrogen (secondary N) is 1. The molecule has 0 unspecified atom stereocenters. The minimum Gasteiger partial charge on any atom is -0.258 e. The summed E-state index contributed by atoms with van der Waals surface area (Å²) in [6.07, 6.45) is 0. The van der Waals surface area contributed by atoms with Gasteiger partial charge < -0.3 is 0 Å². The predicted molar refractivity (Wildman–Crippen MR) is 85.7 cm³/mol. The van der Waals surface area contributed by atoms with Gasteiger partial charge in [-0.05, 0) is 17.8 Å². The monoisotopic (exact) mass is 343 g/mol. The number of H-pyrrole nitrogens is 1. The zero-order valence-electron chi connectivity index (χ0n) is 11.9. The molecule has 1 heterocycles. The van der Waals surface area contributed by atoms with Crippen molar-refractivity contribution < 1.29 is 9.85 Å². The highest BCUT2D eigenvalue weighted by atomic mass is 32.2. The quantitative estimate of drug-likeness (QED) is 0.555. The summed E-state index contributed by atoms with van der Waals surface area (Å²) in [4.78, 5) is 25.0. The Labute approximate surface area is 139 Å². The highest BCUT2D eigenvalue weighted by Gasteiger charge is 2.21. The molecule has 0 bridgehead atoms. The number of nitrogens with zero attached hydrogens (tertiary/aromatic N) is 4. The van der Waals surface area contributed by atoms with Gasteiger partial charge in [0.15, 0.2) is 5.82 Å². The summed E-state index contributed by atoms with van der Waals surface area (Å²) in [6.45, 7) is 0. The third kappa shape index (κ3) is 3.22. The summed E-state index contributed by atoms with van der Waals surface area (Å²) in [7, 11) is 0. The van der Waals surface area contributed by atoms with Crippen LogP contribution < -0.4 is 0 Å². The van der Waals surface area contributed by atoms with E-state index < -0.39 is 9.85 Å². The number of nitro groups is 2. The summed E-state index contributed by atoms with van der Waals surface area (Å²) < 4.78 is 0. The van der Waals surface area contributed by atoms with Crippen LogP contribution in [0.1, 0.15) is 0 Å². The lowest BCUT2D eigenvalue weighted by Crippen LogP contribution is -1.94. The molecule has 2 aromatic carbocycles. The van der Waals surface area contributed by atoms with Gasteiger partial charge in [0.25, 0.3) is 11.4 Å². The Morgan fingerprint density at radius 3 is 2.42 bits per heavy atom. The van der Waals surface area contributed by atoms with E-state index in [0.717, 1.165) is 23.4 Å². The normalized spacial score (nSPS) is 10.5. The molecular weight excluding hydrogens is 334 g/mol. The summed E-state index contributed by atoms with van der Waals surface area (Å²) in [5, 5.41) is 28.9. The van der Waals surface area contributed by atoms with E-state index in [9.17, 15) is 20.2 Å². The van der Waals surface area contributed by atoms with Crippen molar-refractivity contribution in [3.63, 3.8) is 0 Å². The molecule has 24 heavy (non-hydrogen) atoms. The van der Waals surface area contributed by atoms with Crippen LogP contribution in [0.15, 0.2) is 58.6 Å². The van der Waals surface area contributed by atoms with Crippen LogP contribution in [0.25, 0.3) is 11.4 Å². The Bertz CT molecular complexity index is 913. The largest absolute Gasteiger partial charge is 0.290 e. The van der Waals surface area contributed by atoms with Crippen LogP contribution in [0.5, 0.6) is 0 Å². The molecule has 0 aliphatic rings. The molecule has 0 aliphatic heterocycles. The SMILES string of the molecule is O=[N+]([O-])c1ccc(Sc2n[nH]c(-c3ccccc3)n2)c([N+](=O)[O-])c1. The summed E-state index contributed by atoms with van der Waals surface area (Å²) in [5.74, 6) is 0.530. The average Bonchev–Trinajstić information content (AvgIpc) is 3.04. The van der Waals surface area contributed by atoms with Crippen molar-refractivity contribution in [3.05, 3.63) is 68.8 Å². The van der Waals surface area contributed by atoms with Gasteiger partial charge in [0.1, 0.15) is 0 Å². The van der Waals surface area contributed by atoms with Crippen LogP contribution in [-0.4, -0.2) is 25.0 Å². The van der Waals surface area contributed by atoms with E-state index in [0.29, 0.717) is 5.82 Å². The summed E-state index contributed by atoms with van der Waals surface area (Å²) in [5.41, 5.74) is 0.126. The van der Waals surface area contributed by atoms with Crippen molar-refractivity contribution in [3.8, 4) is 11.4 Å². The molecule has 0 atom stereocenters. The third-order valence-corrected chi connectivity index (χ3v) is 3.99. The second-order valence-electron chi connectivity index (χ2n) is 4.60. The fraction of sp³-hybridized carbons (Fsp3) is 0. The second kappa shape index (κ2) is 6.46. The summed E-state index contributed by atoms with van der Waals surface area (Å²) in [6, 6.07) is 12.7. The maximum absolute atomic E-state index is 11.1. The summed E-state index contributed by atoms with van der Waals surface area (Å²) >= 11 is 0.961. The lowest BCUT2D eigenvalue weighted by Gasteiger charge is -1.99. The number of hydrogen-bond acceptors (Lipinski definition) is 7. The van der Waals surface area contributed by atoms with Gasteiger partial charge in [-0.3, -0.25) is 25.3 Å². The van der Waals surface area contributed by atoms with Crippen LogP contribution in [0, 0.1) is 20.2 Å². The van der Waals surface area contributed by atoms with Crippen LogP contribution in [-0.2, 0) is 0 Å². The Hall–Kier alpha value is -3.27. The maximum Gasteiger partial charge on any atom is 0.290 e. The molecule has 0 radical (unpaired) electrons. The molecule has 10 heteroatoms. The van der Waals surface area contributed by atoms with Crippen LogP contribution in [0.3, 0.4) is 0 Å². The highest BCUT2D eigenvalue weighted by Crippen LogP contribution is 2.35. The first kappa shape index (κ1) is 15.6.